The molecule has 0 spiro atoms. The standard InChI is InChI=1S/C43H53F3N6O2/c1-5-30-22-37-38(49-42(30)53)21-29(25-47-37)26-51-17-15-50(16-18-51)14-10-6-7-11-19-54-31-23-34(44)39(35(45)24-31)41-40-33(32-12-8-9-13-36(32)48-40)20-28(2)52(41)27-43(3,4)46/h8-9,12-13,21-25,28,41,48H,5-7,10-11,14-20,26-27H2,1-4H3,(H,49,53)/t28-,41-/m1/s1. The first-order valence-electron chi connectivity index (χ1n) is 19.6. The number of aryl methyl sites for hydroxylation is 1. The third kappa shape index (κ3) is 8.53. The number of para-hydroxylation sites is 1. The molecule has 2 aromatic carbocycles. The normalized spacial score (nSPS) is 18.8. The third-order valence-corrected chi connectivity index (χ3v) is 11.1. The Hall–Kier alpha value is -4.19. The third-order valence-electron chi connectivity index (χ3n) is 11.1. The summed E-state index contributed by atoms with van der Waals surface area (Å²) in [5.41, 5.74) is 4.45. The molecule has 5 aromatic rings. The number of aromatic nitrogens is 3. The van der Waals surface area contributed by atoms with Gasteiger partial charge in [-0.1, -0.05) is 38.0 Å². The predicted molar refractivity (Wildman–Crippen MR) is 209 cm³/mol. The number of H-pyrrole nitrogens is 2. The molecule has 0 aliphatic carbocycles. The van der Waals surface area contributed by atoms with Gasteiger partial charge >= 0.3 is 0 Å². The van der Waals surface area contributed by atoms with E-state index in [1.807, 2.05) is 61.3 Å². The number of hydrogen-bond acceptors (Lipinski definition) is 6. The monoisotopic (exact) mass is 742 g/mol. The number of nitrogens with one attached hydrogen (secondary N) is 2. The second-order valence-electron chi connectivity index (χ2n) is 15.8. The molecule has 2 aliphatic rings. The van der Waals surface area contributed by atoms with Crippen molar-refractivity contribution >= 4 is 21.9 Å². The number of halogens is 3. The molecule has 3 aromatic heterocycles. The fraction of sp³-hybridized carbons (Fsp3) is 0.488. The smallest absolute Gasteiger partial charge is 0.251 e. The fourth-order valence-corrected chi connectivity index (χ4v) is 8.33. The molecule has 288 valence electrons. The highest BCUT2D eigenvalue weighted by molar-refractivity contribution is 5.85. The number of rotatable bonds is 14. The summed E-state index contributed by atoms with van der Waals surface area (Å²) in [4.78, 5) is 30.1. The first-order chi connectivity index (χ1) is 26.0. The Labute approximate surface area is 315 Å². The van der Waals surface area contributed by atoms with E-state index in [0.717, 1.165) is 109 Å². The van der Waals surface area contributed by atoms with Crippen molar-refractivity contribution in [2.45, 2.75) is 90.5 Å². The van der Waals surface area contributed by atoms with E-state index in [4.69, 9.17) is 4.74 Å². The van der Waals surface area contributed by atoms with Crippen molar-refractivity contribution in [3.63, 3.8) is 0 Å². The van der Waals surface area contributed by atoms with Crippen LogP contribution < -0.4 is 10.3 Å². The van der Waals surface area contributed by atoms with Gasteiger partial charge in [-0.3, -0.25) is 19.6 Å². The summed E-state index contributed by atoms with van der Waals surface area (Å²) in [7, 11) is 0. The average Bonchev–Trinajstić information content (AvgIpc) is 3.50. The number of nitrogens with zero attached hydrogens (tertiary/aromatic N) is 4. The molecule has 0 bridgehead atoms. The zero-order valence-electron chi connectivity index (χ0n) is 32.0. The highest BCUT2D eigenvalue weighted by Crippen LogP contribution is 2.43. The number of hydrogen-bond donors (Lipinski definition) is 2. The number of fused-ring (bicyclic) bond motifs is 4. The van der Waals surface area contributed by atoms with Crippen LogP contribution in [0.3, 0.4) is 0 Å². The summed E-state index contributed by atoms with van der Waals surface area (Å²) in [6.07, 6.45) is 7.16. The van der Waals surface area contributed by atoms with E-state index in [9.17, 15) is 4.79 Å². The van der Waals surface area contributed by atoms with Gasteiger partial charge in [0.05, 0.1) is 23.7 Å². The zero-order chi connectivity index (χ0) is 38.0. The molecule has 54 heavy (non-hydrogen) atoms. The minimum atomic E-state index is -1.55. The molecular formula is C43H53F3N6O2. The van der Waals surface area contributed by atoms with E-state index < -0.39 is 23.3 Å². The Balaban J connectivity index is 0.873. The van der Waals surface area contributed by atoms with Gasteiger partial charge in [-0.25, -0.2) is 13.2 Å². The number of pyridine rings is 2. The van der Waals surface area contributed by atoms with Gasteiger partial charge in [0.15, 0.2) is 0 Å². The number of unbranched alkanes of at least 4 members (excludes halogenated alkanes) is 3. The average molecular weight is 743 g/mol. The molecule has 5 heterocycles. The summed E-state index contributed by atoms with van der Waals surface area (Å²) in [5.74, 6) is -1.21. The maximum Gasteiger partial charge on any atom is 0.251 e. The van der Waals surface area contributed by atoms with E-state index in [2.05, 4.69) is 24.8 Å². The second kappa shape index (κ2) is 16.3. The van der Waals surface area contributed by atoms with Gasteiger partial charge in [-0.2, -0.15) is 0 Å². The van der Waals surface area contributed by atoms with E-state index in [0.29, 0.717) is 19.4 Å². The van der Waals surface area contributed by atoms with E-state index in [1.165, 1.54) is 26.0 Å². The molecule has 2 atom stereocenters. The molecule has 8 nitrogen and oxygen atoms in total. The van der Waals surface area contributed by atoms with Crippen LogP contribution in [0.4, 0.5) is 13.2 Å². The Morgan fingerprint density at radius 2 is 1.65 bits per heavy atom. The van der Waals surface area contributed by atoms with Gasteiger partial charge in [0.25, 0.3) is 5.56 Å². The van der Waals surface area contributed by atoms with Crippen molar-refractivity contribution in [3.05, 3.63) is 105 Å². The molecule has 1 fully saturated rings. The van der Waals surface area contributed by atoms with Gasteiger partial charge in [0.2, 0.25) is 0 Å². The van der Waals surface area contributed by atoms with Crippen LogP contribution in [0.25, 0.3) is 21.9 Å². The van der Waals surface area contributed by atoms with E-state index in [-0.39, 0.29) is 29.5 Å². The van der Waals surface area contributed by atoms with Crippen LogP contribution in [-0.2, 0) is 19.4 Å². The maximum atomic E-state index is 16.0. The lowest BCUT2D eigenvalue weighted by Crippen LogP contribution is -2.48. The molecule has 0 radical (unpaired) electrons. The lowest BCUT2D eigenvalue weighted by atomic mass is 9.87. The number of ether oxygens (including phenoxy) is 1. The summed E-state index contributed by atoms with van der Waals surface area (Å²) in [5, 5.41) is 1.03. The Morgan fingerprint density at radius 1 is 0.926 bits per heavy atom. The zero-order valence-corrected chi connectivity index (χ0v) is 32.0. The predicted octanol–water partition coefficient (Wildman–Crippen LogP) is 8.09. The summed E-state index contributed by atoms with van der Waals surface area (Å²) in [6, 6.07) is 13.4. The lowest BCUT2D eigenvalue weighted by molar-refractivity contribution is 0.0642. The summed E-state index contributed by atoms with van der Waals surface area (Å²) >= 11 is 0. The highest BCUT2D eigenvalue weighted by Gasteiger charge is 2.41. The number of aromatic amines is 2. The SMILES string of the molecule is CCc1cc2ncc(CN3CCN(CCCCCCOc4cc(F)c([C@@H]5c6[nH]c7ccccc7c6C[C@@H](C)N5CC(C)(C)F)c(F)c4)CC3)cc2[nH]c1=O. The van der Waals surface area contributed by atoms with Crippen LogP contribution in [0.15, 0.2) is 59.5 Å². The lowest BCUT2D eigenvalue weighted by Gasteiger charge is -2.43. The van der Waals surface area contributed by atoms with Gasteiger partial charge < -0.3 is 19.6 Å². The van der Waals surface area contributed by atoms with Crippen LogP contribution in [0.5, 0.6) is 5.75 Å². The molecule has 1 saturated heterocycles. The quantitative estimate of drug-likeness (QED) is 0.112. The van der Waals surface area contributed by atoms with Gasteiger partial charge in [-0.15, -0.1) is 0 Å². The highest BCUT2D eigenvalue weighted by atomic mass is 19.1. The fourth-order valence-electron chi connectivity index (χ4n) is 8.33. The van der Waals surface area contributed by atoms with Crippen molar-refractivity contribution in [1.29, 1.82) is 0 Å². The van der Waals surface area contributed by atoms with Crippen LogP contribution in [0, 0.1) is 11.6 Å². The molecule has 2 N–H and O–H groups in total. The van der Waals surface area contributed by atoms with Crippen molar-refractivity contribution in [2.75, 3.05) is 45.9 Å². The van der Waals surface area contributed by atoms with Crippen LogP contribution in [-0.4, -0.2) is 87.2 Å². The van der Waals surface area contributed by atoms with Crippen molar-refractivity contribution in [3.8, 4) is 5.75 Å². The van der Waals surface area contributed by atoms with Gasteiger partial charge in [0, 0.05) is 91.4 Å². The first-order valence-corrected chi connectivity index (χ1v) is 19.6. The second-order valence-corrected chi connectivity index (χ2v) is 15.8. The van der Waals surface area contributed by atoms with Crippen LogP contribution in [0.1, 0.15) is 87.4 Å². The Morgan fingerprint density at radius 3 is 2.39 bits per heavy atom. The number of piperazine rings is 1. The van der Waals surface area contributed by atoms with E-state index >= 15 is 13.2 Å². The summed E-state index contributed by atoms with van der Waals surface area (Å²) < 4.78 is 52.9. The Kier molecular flexibility index (Phi) is 11.5. The largest absolute Gasteiger partial charge is 0.493 e. The Bertz CT molecular complexity index is 2110. The minimum absolute atomic E-state index is 0.0373. The maximum absolute atomic E-state index is 16.0. The summed E-state index contributed by atoms with van der Waals surface area (Å²) in [6.45, 7) is 13.2. The van der Waals surface area contributed by atoms with Crippen molar-refractivity contribution in [1.82, 2.24) is 29.7 Å². The molecular weight excluding hydrogens is 690 g/mol. The van der Waals surface area contributed by atoms with Crippen molar-refractivity contribution < 1.29 is 17.9 Å². The molecule has 0 saturated carbocycles. The molecule has 7 rings (SSSR count). The molecule has 0 unspecified atom stereocenters. The molecule has 0 amide bonds. The number of alkyl halides is 1. The minimum Gasteiger partial charge on any atom is -0.493 e. The number of benzene rings is 2. The topological polar surface area (TPSA) is 80.5 Å². The van der Waals surface area contributed by atoms with Crippen LogP contribution in [0.2, 0.25) is 0 Å². The van der Waals surface area contributed by atoms with Crippen LogP contribution >= 0.6 is 0 Å². The van der Waals surface area contributed by atoms with Gasteiger partial charge in [0.1, 0.15) is 23.1 Å². The molecule has 2 aliphatic heterocycles. The van der Waals surface area contributed by atoms with E-state index in [1.54, 1.807) is 0 Å². The van der Waals surface area contributed by atoms with Crippen molar-refractivity contribution in [2.24, 2.45) is 0 Å². The first kappa shape index (κ1) is 38.1. The molecule has 11 heteroatoms. The van der Waals surface area contributed by atoms with Gasteiger partial charge in [-0.05, 0) is 82.3 Å².